The zero-order valence-corrected chi connectivity index (χ0v) is 18.9. The van der Waals surface area contributed by atoms with Crippen LogP contribution in [0, 0.1) is 0 Å². The number of aliphatic carboxylic acids is 2. The Morgan fingerprint density at radius 1 is 0.909 bits per heavy atom. The molecule has 3 rings (SSSR count). The monoisotopic (exact) mass is 456 g/mol. The van der Waals surface area contributed by atoms with Crippen molar-refractivity contribution in [3.05, 3.63) is 54.4 Å². The third kappa shape index (κ3) is 7.37. The fourth-order valence-electron chi connectivity index (χ4n) is 3.96. The van der Waals surface area contributed by atoms with Gasteiger partial charge in [0.25, 0.3) is 0 Å². The molecule has 0 aliphatic carbocycles. The highest BCUT2D eigenvalue weighted by atomic mass is 16.5. The third-order valence-corrected chi connectivity index (χ3v) is 5.61. The topological polar surface area (TPSA) is 106 Å². The van der Waals surface area contributed by atoms with E-state index in [1.807, 2.05) is 41.4 Å². The molecule has 2 aromatic carbocycles. The first-order chi connectivity index (χ1) is 16.0. The van der Waals surface area contributed by atoms with Gasteiger partial charge >= 0.3 is 11.9 Å². The van der Waals surface area contributed by atoms with Gasteiger partial charge in [-0.15, -0.1) is 0 Å². The maximum Gasteiger partial charge on any atom is 0.323 e. The largest absolute Gasteiger partial charge is 0.496 e. The van der Waals surface area contributed by atoms with Gasteiger partial charge < -0.3 is 30.1 Å². The summed E-state index contributed by atoms with van der Waals surface area (Å²) in [5.74, 6) is -0.934. The molecule has 0 radical (unpaired) electrons. The van der Waals surface area contributed by atoms with Crippen molar-refractivity contribution in [1.82, 2.24) is 20.0 Å². The third-order valence-electron chi connectivity index (χ3n) is 5.61. The fourth-order valence-corrected chi connectivity index (χ4v) is 3.96. The Labute approximate surface area is 193 Å². The van der Waals surface area contributed by atoms with Crippen molar-refractivity contribution in [2.45, 2.75) is 6.54 Å². The van der Waals surface area contributed by atoms with E-state index in [0.717, 1.165) is 22.1 Å². The summed E-state index contributed by atoms with van der Waals surface area (Å²) >= 11 is 0. The highest BCUT2D eigenvalue weighted by molar-refractivity contribution is 5.89. The van der Waals surface area contributed by atoms with Gasteiger partial charge in [-0.05, 0) is 5.39 Å². The fraction of sp³-hybridized carbons (Fsp3) is 0.417. The van der Waals surface area contributed by atoms with Crippen LogP contribution in [0.4, 0.5) is 0 Å². The van der Waals surface area contributed by atoms with Crippen molar-refractivity contribution < 1.29 is 24.5 Å². The van der Waals surface area contributed by atoms with Gasteiger partial charge in [0.05, 0.1) is 13.7 Å². The summed E-state index contributed by atoms with van der Waals surface area (Å²) in [6.07, 6.45) is 3.69. The minimum atomic E-state index is -0.887. The van der Waals surface area contributed by atoms with Crippen LogP contribution in [0.2, 0.25) is 0 Å². The Bertz CT molecular complexity index is 980. The van der Waals surface area contributed by atoms with Crippen LogP contribution in [0.3, 0.4) is 0 Å². The average Bonchev–Trinajstić information content (AvgIpc) is 2.78. The number of hydrogen-bond donors (Lipinski definition) is 3. The van der Waals surface area contributed by atoms with E-state index in [1.54, 1.807) is 18.2 Å². The molecule has 9 nitrogen and oxygen atoms in total. The molecular weight excluding hydrogens is 424 g/mol. The molecule has 0 fully saturated rings. The van der Waals surface area contributed by atoms with E-state index >= 15 is 0 Å². The second-order valence-corrected chi connectivity index (χ2v) is 8.03. The summed E-state index contributed by atoms with van der Waals surface area (Å²) in [4.78, 5) is 28.3. The Hall–Kier alpha value is -3.30. The zero-order valence-electron chi connectivity index (χ0n) is 18.9. The average molecular weight is 457 g/mol. The summed E-state index contributed by atoms with van der Waals surface area (Å²) < 4.78 is 5.75. The Morgan fingerprint density at radius 3 is 2.39 bits per heavy atom. The molecule has 9 heteroatoms. The predicted octanol–water partition coefficient (Wildman–Crippen LogP) is 1.50. The van der Waals surface area contributed by atoms with Gasteiger partial charge in [0, 0.05) is 69.2 Å². The van der Waals surface area contributed by atoms with Crippen LogP contribution in [0.25, 0.3) is 10.8 Å². The van der Waals surface area contributed by atoms with Gasteiger partial charge in [0.1, 0.15) is 12.3 Å². The second kappa shape index (κ2) is 12.1. The molecule has 0 aromatic heterocycles. The molecule has 2 aromatic rings. The van der Waals surface area contributed by atoms with Gasteiger partial charge in [-0.3, -0.25) is 14.5 Å². The molecule has 1 heterocycles. The van der Waals surface area contributed by atoms with Gasteiger partial charge in [-0.2, -0.15) is 0 Å². The number of nitrogens with one attached hydrogen (secondary N) is 1. The van der Waals surface area contributed by atoms with E-state index in [1.165, 1.54) is 0 Å². The summed E-state index contributed by atoms with van der Waals surface area (Å²) in [5.41, 5.74) is 1.00. The Kier molecular flexibility index (Phi) is 8.91. The van der Waals surface area contributed by atoms with Crippen molar-refractivity contribution >= 4 is 22.7 Å². The van der Waals surface area contributed by atoms with Crippen molar-refractivity contribution in [2.24, 2.45) is 0 Å². The molecule has 1 aliphatic rings. The van der Waals surface area contributed by atoms with Crippen LogP contribution in [-0.4, -0.2) is 96.3 Å². The summed E-state index contributed by atoms with van der Waals surface area (Å²) in [5, 5.41) is 23.9. The first kappa shape index (κ1) is 24.3. The molecule has 0 saturated heterocycles. The van der Waals surface area contributed by atoms with Gasteiger partial charge in [-0.1, -0.05) is 36.4 Å². The minimum Gasteiger partial charge on any atom is -0.496 e. The highest BCUT2D eigenvalue weighted by Gasteiger charge is 2.15. The van der Waals surface area contributed by atoms with Crippen molar-refractivity contribution in [1.29, 1.82) is 0 Å². The van der Waals surface area contributed by atoms with E-state index in [-0.39, 0.29) is 13.1 Å². The van der Waals surface area contributed by atoms with Gasteiger partial charge in [0.2, 0.25) is 0 Å². The van der Waals surface area contributed by atoms with Crippen LogP contribution < -0.4 is 10.1 Å². The zero-order chi connectivity index (χ0) is 23.6. The number of methoxy groups -OCH3 is 1. The number of nitrogens with zero attached hydrogens (tertiary/aromatic N) is 3. The number of fused-ring (bicyclic) bond motifs is 1. The lowest BCUT2D eigenvalue weighted by Gasteiger charge is -2.29. The summed E-state index contributed by atoms with van der Waals surface area (Å²) in [6, 6.07) is 12.1. The Morgan fingerprint density at radius 2 is 1.64 bits per heavy atom. The summed E-state index contributed by atoms with van der Waals surface area (Å²) in [7, 11) is 1.66. The van der Waals surface area contributed by atoms with Gasteiger partial charge in [-0.25, -0.2) is 0 Å². The number of carbonyl (C=O) groups is 2. The van der Waals surface area contributed by atoms with Crippen LogP contribution in [0.15, 0.2) is 48.8 Å². The molecule has 3 N–H and O–H groups in total. The maximum atomic E-state index is 11.3. The van der Waals surface area contributed by atoms with E-state index in [0.29, 0.717) is 45.8 Å². The number of rotatable bonds is 7. The lowest BCUT2D eigenvalue weighted by molar-refractivity contribution is -0.139. The summed E-state index contributed by atoms with van der Waals surface area (Å²) in [6.45, 7) is 3.96. The van der Waals surface area contributed by atoms with Crippen LogP contribution >= 0.6 is 0 Å². The standard InChI is InChI=1S/C24H32N4O5/c1-33-24-20(7-6-19-4-2-3-5-21(19)24)16-28-14-12-26(17-22(29)30)10-8-25-9-11-27(13-15-28)18-23(31)32/h2-7,12,14,25H,8-11,13,15-18H2,1H3,(H,29,30)(H,31,32)/b14-12-. The lowest BCUT2D eigenvalue weighted by atomic mass is 10.0. The number of hydrogen-bond acceptors (Lipinski definition) is 7. The molecule has 0 bridgehead atoms. The molecule has 33 heavy (non-hydrogen) atoms. The first-order valence-corrected chi connectivity index (χ1v) is 11.0. The SMILES string of the molecule is COc1c(CN2/C=C\N(CC(=O)O)CCNCCN(CC(=O)O)CC2)ccc2ccccc12. The molecule has 0 spiro atoms. The molecule has 0 atom stereocenters. The molecule has 0 amide bonds. The smallest absolute Gasteiger partial charge is 0.323 e. The van der Waals surface area contributed by atoms with Crippen molar-refractivity contribution in [3.63, 3.8) is 0 Å². The highest BCUT2D eigenvalue weighted by Crippen LogP contribution is 2.30. The maximum absolute atomic E-state index is 11.3. The second-order valence-electron chi connectivity index (χ2n) is 8.03. The first-order valence-electron chi connectivity index (χ1n) is 11.0. The van der Waals surface area contributed by atoms with E-state index in [4.69, 9.17) is 4.74 Å². The number of benzene rings is 2. The quantitative estimate of drug-likeness (QED) is 0.572. The van der Waals surface area contributed by atoms with Crippen LogP contribution in [0.5, 0.6) is 5.75 Å². The molecule has 0 saturated carbocycles. The van der Waals surface area contributed by atoms with E-state index in [2.05, 4.69) is 16.3 Å². The normalized spacial score (nSPS) is 17.2. The molecule has 1 aliphatic heterocycles. The number of ether oxygens (including phenoxy) is 1. The molecule has 178 valence electrons. The molecule has 0 unspecified atom stereocenters. The lowest BCUT2D eigenvalue weighted by Crippen LogP contribution is -2.42. The van der Waals surface area contributed by atoms with Crippen molar-refractivity contribution in [2.75, 3.05) is 59.5 Å². The van der Waals surface area contributed by atoms with E-state index < -0.39 is 11.9 Å². The molecular formula is C24H32N4O5. The predicted molar refractivity (Wildman–Crippen MR) is 126 cm³/mol. The number of carboxylic acid groups (broad SMARTS) is 2. The van der Waals surface area contributed by atoms with Crippen LogP contribution in [-0.2, 0) is 16.1 Å². The van der Waals surface area contributed by atoms with Gasteiger partial charge in [0.15, 0.2) is 0 Å². The Balaban J connectivity index is 1.86. The number of carboxylic acids is 2. The van der Waals surface area contributed by atoms with Crippen LogP contribution in [0.1, 0.15) is 5.56 Å². The van der Waals surface area contributed by atoms with Crippen molar-refractivity contribution in [3.8, 4) is 5.75 Å². The minimum absolute atomic E-state index is 0.0241. The van der Waals surface area contributed by atoms with E-state index in [9.17, 15) is 19.8 Å².